The monoisotopic (exact) mass is 404 g/mol. The first-order chi connectivity index (χ1) is 13.4. The molecule has 1 unspecified atom stereocenters. The summed E-state index contributed by atoms with van der Waals surface area (Å²) in [6, 6.07) is 12.7. The van der Waals surface area contributed by atoms with Crippen molar-refractivity contribution in [2.24, 2.45) is 0 Å². The van der Waals surface area contributed by atoms with Gasteiger partial charge >= 0.3 is 0 Å². The Morgan fingerprint density at radius 1 is 1.04 bits per heavy atom. The maximum Gasteiger partial charge on any atom is 0.261 e. The Bertz CT molecular complexity index is 911. The van der Waals surface area contributed by atoms with Crippen LogP contribution in [0.2, 0.25) is 0 Å². The van der Waals surface area contributed by atoms with E-state index < -0.39 is 22.0 Å². The number of hydroxylamine groups is 1. The number of benzene rings is 2. The average Bonchev–Trinajstić information content (AvgIpc) is 2.96. The molecule has 1 fully saturated rings. The number of amides is 1. The summed E-state index contributed by atoms with van der Waals surface area (Å²) in [5.74, 6) is 0.474. The zero-order valence-electron chi connectivity index (χ0n) is 15.7. The van der Waals surface area contributed by atoms with E-state index in [4.69, 9.17) is 9.94 Å². The van der Waals surface area contributed by atoms with Gasteiger partial charge in [-0.2, -0.15) is 4.31 Å². The number of hydrogen-bond donors (Lipinski definition) is 2. The smallest absolute Gasteiger partial charge is 0.261 e. The Morgan fingerprint density at radius 2 is 1.64 bits per heavy atom. The van der Waals surface area contributed by atoms with E-state index >= 15 is 0 Å². The van der Waals surface area contributed by atoms with Crippen LogP contribution in [0.5, 0.6) is 11.5 Å². The van der Waals surface area contributed by atoms with Crippen molar-refractivity contribution >= 4 is 15.9 Å². The lowest BCUT2D eigenvalue weighted by Crippen LogP contribution is -2.48. The molecule has 8 heteroatoms. The predicted octanol–water partition coefficient (Wildman–Crippen LogP) is 3.23. The highest BCUT2D eigenvalue weighted by atomic mass is 32.2. The molecular weight excluding hydrogens is 380 g/mol. The highest BCUT2D eigenvalue weighted by Gasteiger charge is 2.36. The standard InChI is InChI=1S/C20H24N2O5S/c1-15-6-8-16(9-7-15)27-17-10-12-18(13-11-17)28(25,26)22-14-4-2-3-5-19(22)20(23)21-24/h6-13,19,24H,2-5,14H2,1H3,(H,21,23). The minimum Gasteiger partial charge on any atom is -0.457 e. The summed E-state index contributed by atoms with van der Waals surface area (Å²) in [5, 5.41) is 8.99. The largest absolute Gasteiger partial charge is 0.457 e. The number of nitrogens with one attached hydrogen (secondary N) is 1. The summed E-state index contributed by atoms with van der Waals surface area (Å²) in [4.78, 5) is 12.1. The lowest BCUT2D eigenvalue weighted by atomic mass is 10.1. The van der Waals surface area contributed by atoms with Gasteiger partial charge in [-0.25, -0.2) is 13.9 Å². The highest BCUT2D eigenvalue weighted by molar-refractivity contribution is 7.89. The van der Waals surface area contributed by atoms with Crippen molar-refractivity contribution in [2.45, 2.75) is 43.5 Å². The van der Waals surface area contributed by atoms with Crippen LogP contribution >= 0.6 is 0 Å². The van der Waals surface area contributed by atoms with E-state index in [1.807, 2.05) is 31.2 Å². The molecule has 1 aliphatic heterocycles. The molecule has 1 amide bonds. The zero-order valence-corrected chi connectivity index (χ0v) is 16.5. The summed E-state index contributed by atoms with van der Waals surface area (Å²) < 4.78 is 33.1. The Balaban J connectivity index is 1.82. The van der Waals surface area contributed by atoms with Crippen molar-refractivity contribution in [3.8, 4) is 11.5 Å². The normalized spacial score (nSPS) is 18.3. The van der Waals surface area contributed by atoms with Gasteiger partial charge in [-0.1, -0.05) is 30.5 Å². The molecule has 0 aromatic heterocycles. The number of carbonyl (C=O) groups excluding carboxylic acids is 1. The van der Waals surface area contributed by atoms with Gasteiger partial charge < -0.3 is 4.74 Å². The predicted molar refractivity (Wildman–Crippen MR) is 104 cm³/mol. The molecule has 28 heavy (non-hydrogen) atoms. The number of ether oxygens (including phenoxy) is 1. The van der Waals surface area contributed by atoms with E-state index in [0.29, 0.717) is 24.3 Å². The first kappa shape index (κ1) is 20.3. The average molecular weight is 404 g/mol. The van der Waals surface area contributed by atoms with Gasteiger partial charge in [0.15, 0.2) is 0 Å². The van der Waals surface area contributed by atoms with Crippen LogP contribution in [-0.2, 0) is 14.8 Å². The minimum absolute atomic E-state index is 0.0846. The van der Waals surface area contributed by atoms with E-state index in [0.717, 1.165) is 18.4 Å². The topological polar surface area (TPSA) is 95.9 Å². The van der Waals surface area contributed by atoms with Gasteiger partial charge in [-0.05, 0) is 56.2 Å². The van der Waals surface area contributed by atoms with Crippen LogP contribution in [0.1, 0.15) is 31.2 Å². The third-order valence-corrected chi connectivity index (χ3v) is 6.73. The summed E-state index contributed by atoms with van der Waals surface area (Å²) in [6.45, 7) is 2.22. The molecule has 3 rings (SSSR count). The molecule has 150 valence electrons. The van der Waals surface area contributed by atoms with Crippen molar-refractivity contribution in [2.75, 3.05) is 6.54 Å². The molecule has 7 nitrogen and oxygen atoms in total. The molecule has 0 aliphatic carbocycles. The molecule has 1 aliphatic rings. The number of aryl methyl sites for hydroxylation is 1. The summed E-state index contributed by atoms with van der Waals surface area (Å²) in [5.41, 5.74) is 2.71. The molecule has 2 N–H and O–H groups in total. The maximum atomic E-state index is 13.1. The maximum absolute atomic E-state index is 13.1. The SMILES string of the molecule is Cc1ccc(Oc2ccc(S(=O)(=O)N3CCCCCC3C(=O)NO)cc2)cc1. The molecule has 0 radical (unpaired) electrons. The third-order valence-electron chi connectivity index (χ3n) is 4.80. The van der Waals surface area contributed by atoms with Gasteiger partial charge in [0.1, 0.15) is 17.5 Å². The fourth-order valence-electron chi connectivity index (χ4n) is 3.26. The first-order valence-electron chi connectivity index (χ1n) is 9.22. The summed E-state index contributed by atoms with van der Waals surface area (Å²) >= 11 is 0. The van der Waals surface area contributed by atoms with Gasteiger partial charge in [-0.15, -0.1) is 0 Å². The van der Waals surface area contributed by atoms with Crippen molar-refractivity contribution in [1.29, 1.82) is 0 Å². The molecular formula is C20H24N2O5S. The number of sulfonamides is 1. The quantitative estimate of drug-likeness (QED) is 0.589. The number of nitrogens with zero attached hydrogens (tertiary/aromatic N) is 1. The second-order valence-corrected chi connectivity index (χ2v) is 8.73. The van der Waals surface area contributed by atoms with Crippen molar-refractivity contribution < 1.29 is 23.2 Å². The molecule has 0 saturated carbocycles. The van der Waals surface area contributed by atoms with Crippen molar-refractivity contribution in [3.05, 3.63) is 54.1 Å². The van der Waals surface area contributed by atoms with Crippen molar-refractivity contribution in [3.63, 3.8) is 0 Å². The number of carbonyl (C=O) groups is 1. The van der Waals surface area contributed by atoms with Crippen LogP contribution in [0.4, 0.5) is 0 Å². The first-order valence-corrected chi connectivity index (χ1v) is 10.7. The second-order valence-electron chi connectivity index (χ2n) is 6.84. The zero-order chi connectivity index (χ0) is 20.1. The summed E-state index contributed by atoms with van der Waals surface area (Å²) in [7, 11) is -3.88. The number of hydrogen-bond acceptors (Lipinski definition) is 5. The Hall–Kier alpha value is -2.42. The van der Waals surface area contributed by atoms with E-state index in [1.54, 1.807) is 17.6 Å². The van der Waals surface area contributed by atoms with E-state index in [1.165, 1.54) is 16.4 Å². The van der Waals surface area contributed by atoms with Crippen LogP contribution in [-0.4, -0.2) is 36.4 Å². The van der Waals surface area contributed by atoms with Crippen LogP contribution < -0.4 is 10.2 Å². The molecule has 0 bridgehead atoms. The molecule has 1 heterocycles. The van der Waals surface area contributed by atoms with Crippen molar-refractivity contribution in [1.82, 2.24) is 9.79 Å². The van der Waals surface area contributed by atoms with Gasteiger partial charge in [0, 0.05) is 6.54 Å². The fraction of sp³-hybridized carbons (Fsp3) is 0.350. The van der Waals surface area contributed by atoms with Gasteiger partial charge in [0.2, 0.25) is 10.0 Å². The molecule has 2 aromatic rings. The lowest BCUT2D eigenvalue weighted by Gasteiger charge is -2.27. The Morgan fingerprint density at radius 3 is 2.25 bits per heavy atom. The van der Waals surface area contributed by atoms with Gasteiger partial charge in [0.25, 0.3) is 5.91 Å². The van der Waals surface area contributed by atoms with Gasteiger partial charge in [-0.3, -0.25) is 10.0 Å². The molecule has 0 spiro atoms. The van der Waals surface area contributed by atoms with E-state index in [2.05, 4.69) is 0 Å². The van der Waals surface area contributed by atoms with Gasteiger partial charge in [0.05, 0.1) is 4.90 Å². The van der Waals surface area contributed by atoms with E-state index in [-0.39, 0.29) is 11.4 Å². The molecule has 1 saturated heterocycles. The fourth-order valence-corrected chi connectivity index (χ4v) is 4.92. The van der Waals surface area contributed by atoms with Crippen LogP contribution in [0.25, 0.3) is 0 Å². The van der Waals surface area contributed by atoms with Crippen LogP contribution in [0, 0.1) is 6.92 Å². The van der Waals surface area contributed by atoms with Crippen LogP contribution in [0.3, 0.4) is 0 Å². The second kappa shape index (κ2) is 8.72. The molecule has 1 atom stereocenters. The number of rotatable bonds is 5. The lowest BCUT2D eigenvalue weighted by molar-refractivity contribution is -0.133. The van der Waals surface area contributed by atoms with Crippen LogP contribution in [0.15, 0.2) is 53.4 Å². The minimum atomic E-state index is -3.88. The Labute approximate surface area is 164 Å². The Kier molecular flexibility index (Phi) is 6.33. The third kappa shape index (κ3) is 4.52. The highest BCUT2D eigenvalue weighted by Crippen LogP contribution is 2.28. The molecule has 2 aromatic carbocycles. The van der Waals surface area contributed by atoms with E-state index in [9.17, 15) is 13.2 Å². The summed E-state index contributed by atoms with van der Waals surface area (Å²) in [6.07, 6.45) is 2.61.